The Balaban J connectivity index is 1.71. The number of hydrogen-bond donors (Lipinski definition) is 2. The van der Waals surface area contributed by atoms with Crippen LogP contribution in [0, 0.1) is 5.92 Å². The van der Waals surface area contributed by atoms with Gasteiger partial charge in [0, 0.05) is 18.0 Å². The SMILES string of the molecule is CNC1CCC(C(=O)NC2CCC2)CC1. The molecule has 0 aromatic heterocycles. The molecule has 0 saturated heterocycles. The average molecular weight is 210 g/mol. The first-order valence-electron chi connectivity index (χ1n) is 6.27. The number of carbonyl (C=O) groups excluding carboxylic acids is 1. The Labute approximate surface area is 92.0 Å². The average Bonchev–Trinajstić information content (AvgIpc) is 2.23. The van der Waals surface area contributed by atoms with Crippen molar-refractivity contribution < 1.29 is 4.79 Å². The van der Waals surface area contributed by atoms with Gasteiger partial charge in [-0.1, -0.05) is 0 Å². The van der Waals surface area contributed by atoms with E-state index < -0.39 is 0 Å². The maximum Gasteiger partial charge on any atom is 0.223 e. The third-order valence-corrected chi connectivity index (χ3v) is 3.96. The highest BCUT2D eigenvalue weighted by atomic mass is 16.1. The van der Waals surface area contributed by atoms with Gasteiger partial charge in [0.1, 0.15) is 0 Å². The summed E-state index contributed by atoms with van der Waals surface area (Å²) in [5, 5.41) is 6.45. The summed E-state index contributed by atoms with van der Waals surface area (Å²) in [6.45, 7) is 0. The van der Waals surface area contributed by atoms with E-state index in [1.54, 1.807) is 0 Å². The maximum atomic E-state index is 11.9. The summed E-state index contributed by atoms with van der Waals surface area (Å²) >= 11 is 0. The molecule has 0 aromatic rings. The van der Waals surface area contributed by atoms with E-state index >= 15 is 0 Å². The van der Waals surface area contributed by atoms with Crippen molar-refractivity contribution in [3.8, 4) is 0 Å². The topological polar surface area (TPSA) is 41.1 Å². The van der Waals surface area contributed by atoms with Gasteiger partial charge in [0.05, 0.1) is 0 Å². The predicted molar refractivity (Wildman–Crippen MR) is 60.6 cm³/mol. The van der Waals surface area contributed by atoms with Crippen LogP contribution in [0.5, 0.6) is 0 Å². The number of carbonyl (C=O) groups is 1. The lowest BCUT2D eigenvalue weighted by Crippen LogP contribution is -2.44. The molecule has 3 heteroatoms. The molecule has 0 spiro atoms. The quantitative estimate of drug-likeness (QED) is 0.740. The lowest BCUT2D eigenvalue weighted by atomic mass is 9.84. The summed E-state index contributed by atoms with van der Waals surface area (Å²) in [6, 6.07) is 1.14. The molecule has 0 aliphatic heterocycles. The van der Waals surface area contributed by atoms with Crippen LogP contribution in [0.1, 0.15) is 44.9 Å². The van der Waals surface area contributed by atoms with Gasteiger partial charge in [-0.3, -0.25) is 4.79 Å². The van der Waals surface area contributed by atoms with E-state index in [0.717, 1.165) is 25.7 Å². The molecule has 3 nitrogen and oxygen atoms in total. The third-order valence-electron chi connectivity index (χ3n) is 3.96. The Morgan fingerprint density at radius 2 is 1.67 bits per heavy atom. The van der Waals surface area contributed by atoms with Gasteiger partial charge in [0.2, 0.25) is 5.91 Å². The maximum absolute atomic E-state index is 11.9. The van der Waals surface area contributed by atoms with Gasteiger partial charge < -0.3 is 10.6 Å². The van der Waals surface area contributed by atoms with Gasteiger partial charge in [-0.15, -0.1) is 0 Å². The van der Waals surface area contributed by atoms with Crippen molar-refractivity contribution in [1.82, 2.24) is 10.6 Å². The molecular formula is C12H22N2O. The van der Waals surface area contributed by atoms with Gasteiger partial charge in [-0.05, 0) is 52.0 Å². The fraction of sp³-hybridized carbons (Fsp3) is 0.917. The van der Waals surface area contributed by atoms with Crippen molar-refractivity contribution >= 4 is 5.91 Å². The van der Waals surface area contributed by atoms with Gasteiger partial charge in [0.15, 0.2) is 0 Å². The minimum atomic E-state index is 0.287. The number of nitrogens with one attached hydrogen (secondary N) is 2. The molecule has 0 heterocycles. The normalized spacial score (nSPS) is 32.1. The van der Waals surface area contributed by atoms with Crippen LogP contribution < -0.4 is 10.6 Å². The molecular weight excluding hydrogens is 188 g/mol. The van der Waals surface area contributed by atoms with Gasteiger partial charge in [-0.2, -0.15) is 0 Å². The van der Waals surface area contributed by atoms with E-state index in [1.807, 2.05) is 7.05 Å². The monoisotopic (exact) mass is 210 g/mol. The van der Waals surface area contributed by atoms with Crippen molar-refractivity contribution in [3.63, 3.8) is 0 Å². The number of hydrogen-bond acceptors (Lipinski definition) is 2. The van der Waals surface area contributed by atoms with Crippen LogP contribution in [0.25, 0.3) is 0 Å². The molecule has 2 fully saturated rings. The Bertz CT molecular complexity index is 218. The van der Waals surface area contributed by atoms with Gasteiger partial charge in [-0.25, -0.2) is 0 Å². The molecule has 0 unspecified atom stereocenters. The second kappa shape index (κ2) is 4.97. The van der Waals surface area contributed by atoms with E-state index in [9.17, 15) is 4.79 Å². The Morgan fingerprint density at radius 1 is 1.00 bits per heavy atom. The van der Waals surface area contributed by atoms with E-state index in [1.165, 1.54) is 19.3 Å². The minimum absolute atomic E-state index is 0.287. The van der Waals surface area contributed by atoms with Crippen molar-refractivity contribution in [1.29, 1.82) is 0 Å². The molecule has 0 aromatic carbocycles. The largest absolute Gasteiger partial charge is 0.353 e. The zero-order chi connectivity index (χ0) is 10.7. The van der Waals surface area contributed by atoms with Crippen LogP contribution in [-0.4, -0.2) is 25.0 Å². The molecule has 2 aliphatic rings. The first-order chi connectivity index (χ1) is 7.29. The lowest BCUT2D eigenvalue weighted by molar-refractivity contribution is -0.127. The van der Waals surface area contributed by atoms with E-state index in [-0.39, 0.29) is 5.92 Å². The Morgan fingerprint density at radius 3 is 2.13 bits per heavy atom. The summed E-state index contributed by atoms with van der Waals surface area (Å²) in [7, 11) is 2.01. The number of amides is 1. The highest BCUT2D eigenvalue weighted by Gasteiger charge is 2.28. The van der Waals surface area contributed by atoms with Crippen molar-refractivity contribution in [2.24, 2.45) is 5.92 Å². The van der Waals surface area contributed by atoms with Crippen LogP contribution in [0.15, 0.2) is 0 Å². The molecule has 0 atom stereocenters. The van der Waals surface area contributed by atoms with Crippen LogP contribution in [-0.2, 0) is 4.79 Å². The molecule has 1 amide bonds. The first kappa shape index (κ1) is 10.9. The van der Waals surface area contributed by atoms with Crippen LogP contribution >= 0.6 is 0 Å². The molecule has 2 saturated carbocycles. The smallest absolute Gasteiger partial charge is 0.223 e. The van der Waals surface area contributed by atoms with Gasteiger partial charge >= 0.3 is 0 Å². The Hall–Kier alpha value is -0.570. The van der Waals surface area contributed by atoms with E-state index in [2.05, 4.69) is 10.6 Å². The second-order valence-electron chi connectivity index (χ2n) is 4.97. The molecule has 0 bridgehead atoms. The molecule has 86 valence electrons. The van der Waals surface area contributed by atoms with E-state index in [0.29, 0.717) is 18.0 Å². The predicted octanol–water partition coefficient (Wildman–Crippen LogP) is 1.43. The summed E-state index contributed by atoms with van der Waals surface area (Å²) < 4.78 is 0. The lowest BCUT2D eigenvalue weighted by Gasteiger charge is -2.31. The molecule has 2 rings (SSSR count). The fourth-order valence-electron chi connectivity index (χ4n) is 2.52. The minimum Gasteiger partial charge on any atom is -0.353 e. The van der Waals surface area contributed by atoms with Crippen LogP contribution in [0.2, 0.25) is 0 Å². The Kier molecular flexibility index (Phi) is 3.62. The molecule has 15 heavy (non-hydrogen) atoms. The van der Waals surface area contributed by atoms with E-state index in [4.69, 9.17) is 0 Å². The zero-order valence-corrected chi connectivity index (χ0v) is 9.59. The summed E-state index contributed by atoms with van der Waals surface area (Å²) in [5.41, 5.74) is 0. The standard InChI is InChI=1S/C12H22N2O/c1-13-10-7-5-9(6-8-10)12(15)14-11-3-2-4-11/h9-11,13H,2-8H2,1H3,(H,14,15). The summed E-state index contributed by atoms with van der Waals surface area (Å²) in [5.74, 6) is 0.601. The fourth-order valence-corrected chi connectivity index (χ4v) is 2.52. The van der Waals surface area contributed by atoms with Crippen LogP contribution in [0.3, 0.4) is 0 Å². The highest BCUT2D eigenvalue weighted by Crippen LogP contribution is 2.25. The molecule has 2 aliphatic carbocycles. The second-order valence-corrected chi connectivity index (χ2v) is 4.97. The summed E-state index contributed by atoms with van der Waals surface area (Å²) in [4.78, 5) is 11.9. The van der Waals surface area contributed by atoms with Crippen molar-refractivity contribution in [3.05, 3.63) is 0 Å². The molecule has 2 N–H and O–H groups in total. The number of rotatable bonds is 3. The van der Waals surface area contributed by atoms with Crippen molar-refractivity contribution in [2.45, 2.75) is 57.0 Å². The zero-order valence-electron chi connectivity index (χ0n) is 9.59. The van der Waals surface area contributed by atoms with Crippen LogP contribution in [0.4, 0.5) is 0 Å². The third kappa shape index (κ3) is 2.71. The van der Waals surface area contributed by atoms with Crippen molar-refractivity contribution in [2.75, 3.05) is 7.05 Å². The molecule has 0 radical (unpaired) electrons. The van der Waals surface area contributed by atoms with Gasteiger partial charge in [0.25, 0.3) is 0 Å². The highest BCUT2D eigenvalue weighted by molar-refractivity contribution is 5.79. The summed E-state index contributed by atoms with van der Waals surface area (Å²) in [6.07, 6.45) is 8.10. The first-order valence-corrected chi connectivity index (χ1v) is 6.27.